The van der Waals surface area contributed by atoms with E-state index in [4.69, 9.17) is 9.47 Å². The average molecular weight is 665 g/mol. The molecule has 3 aromatic carbocycles. The minimum absolute atomic E-state index is 0.0404. The van der Waals surface area contributed by atoms with Crippen LogP contribution in [0.4, 0.5) is 4.79 Å². The van der Waals surface area contributed by atoms with Crippen LogP contribution in [0, 0.1) is 5.92 Å². The van der Waals surface area contributed by atoms with Gasteiger partial charge in [0.1, 0.15) is 18.5 Å². The van der Waals surface area contributed by atoms with E-state index in [2.05, 4.69) is 27.1 Å². The Kier molecular flexibility index (Phi) is 10.8. The zero-order valence-corrected chi connectivity index (χ0v) is 27.7. The van der Waals surface area contributed by atoms with Gasteiger partial charge in [-0.2, -0.15) is 0 Å². The number of phenolic OH excluding ortho intramolecular Hbond substituents is 1. The first-order valence-electron chi connectivity index (χ1n) is 16.8. The van der Waals surface area contributed by atoms with E-state index in [0.29, 0.717) is 46.9 Å². The topological polar surface area (TPSA) is 136 Å². The van der Waals surface area contributed by atoms with E-state index in [9.17, 15) is 19.8 Å². The van der Waals surface area contributed by atoms with Gasteiger partial charge in [-0.3, -0.25) is 9.69 Å². The first kappa shape index (κ1) is 34.0. The molecule has 256 valence electrons. The number of pyridine rings is 1. The molecule has 7 rings (SSSR count). The monoisotopic (exact) mass is 664 g/mol. The van der Waals surface area contributed by atoms with Crippen LogP contribution in [0.15, 0.2) is 108 Å². The van der Waals surface area contributed by atoms with Crippen LogP contribution in [0.25, 0.3) is 10.9 Å². The molecule has 3 fully saturated rings. The third-order valence-electron chi connectivity index (χ3n) is 9.43. The van der Waals surface area contributed by atoms with Crippen molar-refractivity contribution in [3.8, 4) is 5.75 Å². The second-order valence-corrected chi connectivity index (χ2v) is 12.9. The highest BCUT2D eigenvalue weighted by atomic mass is 16.6. The van der Waals surface area contributed by atoms with Crippen molar-refractivity contribution in [1.29, 1.82) is 0 Å². The minimum atomic E-state index is -0.835. The lowest BCUT2D eigenvalue weighted by Crippen LogP contribution is -2.52. The highest BCUT2D eigenvalue weighted by Crippen LogP contribution is 2.31. The van der Waals surface area contributed by atoms with Crippen molar-refractivity contribution < 1.29 is 24.5 Å². The molecular formula is C39H44N4O6. The number of rotatable bonds is 13. The summed E-state index contributed by atoms with van der Waals surface area (Å²) in [5.74, 6) is 1.06. The Bertz CT molecular complexity index is 1850. The zero-order valence-electron chi connectivity index (χ0n) is 27.7. The lowest BCUT2D eigenvalue weighted by molar-refractivity contribution is -0.0336. The summed E-state index contributed by atoms with van der Waals surface area (Å²) in [5, 5.41) is 27.8. The van der Waals surface area contributed by atoms with Crippen LogP contribution in [0.5, 0.6) is 5.75 Å². The Morgan fingerprint density at radius 2 is 1.78 bits per heavy atom. The molecule has 10 heteroatoms. The number of aliphatic hydroxyl groups excluding tert-OH is 1. The number of nitrogens with one attached hydrogen (secondary N) is 3. The molecule has 3 saturated heterocycles. The van der Waals surface area contributed by atoms with Crippen LogP contribution in [-0.4, -0.2) is 58.5 Å². The normalized spacial score (nSPS) is 20.0. The molecule has 4 aromatic rings. The van der Waals surface area contributed by atoms with Crippen molar-refractivity contribution in [3.05, 3.63) is 135 Å². The number of nitrogens with zero attached hydrogens (tertiary/aromatic N) is 1. The van der Waals surface area contributed by atoms with Gasteiger partial charge in [-0.25, -0.2) is 4.79 Å². The smallest absolute Gasteiger partial charge is 0.408 e. The number of allylic oxidation sites excluding steroid dienone is 1. The van der Waals surface area contributed by atoms with E-state index in [-0.39, 0.29) is 24.0 Å². The molecule has 0 aliphatic carbocycles. The molecule has 1 amide bonds. The van der Waals surface area contributed by atoms with Crippen molar-refractivity contribution >= 4 is 17.0 Å². The maximum Gasteiger partial charge on any atom is 0.408 e. The molecule has 10 nitrogen and oxygen atoms in total. The van der Waals surface area contributed by atoms with Gasteiger partial charge in [0.05, 0.1) is 23.4 Å². The maximum absolute atomic E-state index is 13.1. The number of carbonyl (C=O) groups is 1. The Balaban J connectivity index is 0.996. The van der Waals surface area contributed by atoms with Gasteiger partial charge < -0.3 is 35.3 Å². The zero-order chi connectivity index (χ0) is 34.3. The third-order valence-corrected chi connectivity index (χ3v) is 9.43. The Hall–Kier alpha value is -4.90. The minimum Gasteiger partial charge on any atom is -0.506 e. The van der Waals surface area contributed by atoms with Gasteiger partial charge >= 0.3 is 6.09 Å². The molecule has 5 N–H and O–H groups in total. The van der Waals surface area contributed by atoms with E-state index in [1.54, 1.807) is 12.1 Å². The van der Waals surface area contributed by atoms with Crippen LogP contribution in [-0.2, 0) is 22.6 Å². The molecule has 2 bridgehead atoms. The number of aromatic nitrogens is 1. The van der Waals surface area contributed by atoms with Gasteiger partial charge in [-0.05, 0) is 84.8 Å². The molecule has 49 heavy (non-hydrogen) atoms. The first-order valence-corrected chi connectivity index (χ1v) is 16.8. The fourth-order valence-electron chi connectivity index (χ4n) is 6.72. The standard InChI is InChI=1S/C39H44N4O6/c1-25(37(30-6-4-3-5-7-30)42-39(47)49-35-23-43-18-16-29(35)17-19-43)20-26(2)48-24-28-10-8-27(9-11-28)21-40-22-34(45)31-12-14-33(44)38-32(31)13-15-36(46)41-38/h3-15,20,29,34-35,37,40,44-45H,1,16-19,21-24H2,2H3,(H,41,46)(H,42,47)/b26-20+/t34-,35-,37+/m0/s1. The van der Waals surface area contributed by atoms with Gasteiger partial charge in [0.2, 0.25) is 5.56 Å². The van der Waals surface area contributed by atoms with Gasteiger partial charge in [0.15, 0.2) is 0 Å². The van der Waals surface area contributed by atoms with Gasteiger partial charge in [0, 0.05) is 31.1 Å². The summed E-state index contributed by atoms with van der Waals surface area (Å²) in [6.07, 6.45) is 2.64. The number of fused-ring (bicyclic) bond motifs is 4. The van der Waals surface area contributed by atoms with E-state index < -0.39 is 18.2 Å². The van der Waals surface area contributed by atoms with Crippen molar-refractivity contribution in [2.75, 3.05) is 26.2 Å². The largest absolute Gasteiger partial charge is 0.506 e. The molecule has 0 unspecified atom stereocenters. The van der Waals surface area contributed by atoms with Crippen molar-refractivity contribution in [2.24, 2.45) is 5.92 Å². The number of piperidine rings is 3. The number of aromatic hydroxyl groups is 1. The van der Waals surface area contributed by atoms with Crippen LogP contribution >= 0.6 is 0 Å². The second-order valence-electron chi connectivity index (χ2n) is 12.9. The summed E-state index contributed by atoms with van der Waals surface area (Å²) in [6, 6.07) is 23.4. The molecule has 1 aromatic heterocycles. The highest BCUT2D eigenvalue weighted by molar-refractivity contribution is 5.87. The number of aliphatic hydroxyl groups is 1. The Morgan fingerprint density at radius 3 is 2.49 bits per heavy atom. The number of aromatic amines is 1. The number of hydrogen-bond acceptors (Lipinski definition) is 8. The van der Waals surface area contributed by atoms with E-state index in [0.717, 1.165) is 49.2 Å². The van der Waals surface area contributed by atoms with Crippen molar-refractivity contribution in [1.82, 2.24) is 20.5 Å². The Labute approximate surface area is 286 Å². The quantitative estimate of drug-likeness (QED) is 0.0922. The van der Waals surface area contributed by atoms with Crippen molar-refractivity contribution in [2.45, 2.75) is 51.2 Å². The maximum atomic E-state index is 13.1. The second kappa shape index (κ2) is 15.5. The van der Waals surface area contributed by atoms with Crippen molar-refractivity contribution in [3.63, 3.8) is 0 Å². The third kappa shape index (κ3) is 8.58. The Morgan fingerprint density at radius 1 is 1.04 bits per heavy atom. The summed E-state index contributed by atoms with van der Waals surface area (Å²) in [6.45, 7) is 10.3. The average Bonchev–Trinajstić information content (AvgIpc) is 3.11. The summed E-state index contributed by atoms with van der Waals surface area (Å²) in [4.78, 5) is 29.7. The number of phenols is 1. The number of amides is 1. The predicted octanol–water partition coefficient (Wildman–Crippen LogP) is 5.60. The van der Waals surface area contributed by atoms with Crippen LogP contribution in [0.1, 0.15) is 54.2 Å². The number of H-pyrrole nitrogens is 1. The summed E-state index contributed by atoms with van der Waals surface area (Å²) >= 11 is 0. The molecule has 3 atom stereocenters. The van der Waals surface area contributed by atoms with Crippen LogP contribution < -0.4 is 16.2 Å². The number of hydrogen-bond donors (Lipinski definition) is 5. The predicted molar refractivity (Wildman–Crippen MR) is 189 cm³/mol. The van der Waals surface area contributed by atoms with Crippen LogP contribution in [0.2, 0.25) is 0 Å². The highest BCUT2D eigenvalue weighted by Gasteiger charge is 2.36. The lowest BCUT2D eigenvalue weighted by Gasteiger charge is -2.43. The molecule has 0 saturated carbocycles. The summed E-state index contributed by atoms with van der Waals surface area (Å²) in [5.41, 5.74) is 4.23. The SMILES string of the molecule is C=C(/C=C(\C)OCc1ccc(CNC[C@H](O)c2ccc(O)c3[nH]c(=O)ccc23)cc1)[C@@H](NC(=O)O[C@H]1CN2CCC1CC2)c1ccccc1. The number of carbonyl (C=O) groups excluding carboxylic acids is 1. The van der Waals surface area contributed by atoms with Gasteiger partial charge in [-0.1, -0.05) is 67.2 Å². The van der Waals surface area contributed by atoms with E-state index >= 15 is 0 Å². The van der Waals surface area contributed by atoms with Crippen LogP contribution in [0.3, 0.4) is 0 Å². The fourth-order valence-corrected chi connectivity index (χ4v) is 6.72. The summed E-state index contributed by atoms with van der Waals surface area (Å²) < 4.78 is 12.0. The number of ether oxygens (including phenoxy) is 2. The van der Waals surface area contributed by atoms with E-state index in [1.165, 1.54) is 12.1 Å². The van der Waals surface area contributed by atoms with Gasteiger partial charge in [0.25, 0.3) is 0 Å². The summed E-state index contributed by atoms with van der Waals surface area (Å²) in [7, 11) is 0. The molecular weight excluding hydrogens is 620 g/mol. The number of benzene rings is 3. The molecule has 3 aliphatic heterocycles. The van der Waals surface area contributed by atoms with E-state index in [1.807, 2.05) is 67.6 Å². The first-order chi connectivity index (χ1) is 23.7. The fraction of sp³-hybridized carbons (Fsp3) is 0.333. The number of alkyl carbamates (subject to hydrolysis) is 1. The van der Waals surface area contributed by atoms with Gasteiger partial charge in [-0.15, -0.1) is 0 Å². The molecule has 0 radical (unpaired) electrons. The molecule has 4 heterocycles. The lowest BCUT2D eigenvalue weighted by atomic mass is 9.86. The molecule has 3 aliphatic rings. The molecule has 0 spiro atoms.